The molecule has 0 heterocycles. The van der Waals surface area contributed by atoms with E-state index < -0.39 is 6.16 Å². The zero-order valence-corrected chi connectivity index (χ0v) is 14.7. The second-order valence-corrected chi connectivity index (χ2v) is 5.56. The molecule has 2 rings (SSSR count). The third-order valence-corrected chi connectivity index (χ3v) is 3.94. The summed E-state index contributed by atoms with van der Waals surface area (Å²) in [5.74, 6) is 1.34. The van der Waals surface area contributed by atoms with Crippen LogP contribution >= 0.6 is 0 Å². The number of carbonyl (C=O) groups excluding carboxylic acids is 1. The molecule has 2 aromatic carbocycles. The van der Waals surface area contributed by atoms with E-state index in [4.69, 9.17) is 9.47 Å². The smallest absolute Gasteiger partial charge is 0.488 e. The molecule has 0 aliphatic heterocycles. The van der Waals surface area contributed by atoms with Crippen LogP contribution in [0.2, 0.25) is 0 Å². The Bertz CT molecular complexity index is 707. The first-order valence-electron chi connectivity index (χ1n) is 8.17. The summed E-state index contributed by atoms with van der Waals surface area (Å²) in [5, 5.41) is 0. The number of hydrogen-bond acceptors (Lipinski definition) is 4. The van der Waals surface area contributed by atoms with Crippen LogP contribution in [0.1, 0.15) is 36.1 Å². The van der Waals surface area contributed by atoms with Crippen molar-refractivity contribution in [3.8, 4) is 11.5 Å². The lowest BCUT2D eigenvalue weighted by molar-refractivity contribution is 0.120. The van der Waals surface area contributed by atoms with E-state index in [9.17, 15) is 4.79 Å². The Labute approximate surface area is 143 Å². The van der Waals surface area contributed by atoms with E-state index in [1.54, 1.807) is 6.07 Å². The van der Waals surface area contributed by atoms with Gasteiger partial charge < -0.3 is 14.2 Å². The highest BCUT2D eigenvalue weighted by Gasteiger charge is 2.14. The van der Waals surface area contributed by atoms with Gasteiger partial charge in [0.25, 0.3) is 0 Å². The molecule has 0 N–H and O–H groups in total. The Morgan fingerprint density at radius 1 is 1.00 bits per heavy atom. The molecule has 0 radical (unpaired) electrons. The van der Waals surface area contributed by atoms with Crippen LogP contribution in [0.5, 0.6) is 11.5 Å². The van der Waals surface area contributed by atoms with Crippen LogP contribution in [0.15, 0.2) is 36.4 Å². The van der Waals surface area contributed by atoms with Gasteiger partial charge in [-0.05, 0) is 43.0 Å². The van der Waals surface area contributed by atoms with Crippen LogP contribution in [-0.2, 0) is 24.2 Å². The Hall–Kier alpha value is -2.49. The number of ether oxygens (including phenoxy) is 3. The summed E-state index contributed by atoms with van der Waals surface area (Å²) in [4.78, 5) is 11.5. The Morgan fingerprint density at radius 2 is 1.75 bits per heavy atom. The zero-order valence-electron chi connectivity index (χ0n) is 14.7. The molecule has 0 aliphatic rings. The lowest BCUT2D eigenvalue weighted by atomic mass is 10.0. The molecule has 0 unspecified atom stereocenters. The third kappa shape index (κ3) is 4.28. The highest BCUT2D eigenvalue weighted by atomic mass is 16.7. The maximum Gasteiger partial charge on any atom is 0.513 e. The zero-order chi connectivity index (χ0) is 17.5. The van der Waals surface area contributed by atoms with Gasteiger partial charge in [-0.25, -0.2) is 4.79 Å². The highest BCUT2D eigenvalue weighted by molar-refractivity contribution is 5.64. The van der Waals surface area contributed by atoms with Crippen molar-refractivity contribution in [2.45, 2.75) is 40.2 Å². The number of carbonyl (C=O) groups is 1. The Balaban J connectivity index is 2.26. The van der Waals surface area contributed by atoms with Gasteiger partial charge in [-0.1, -0.05) is 43.7 Å². The number of methoxy groups -OCH3 is 1. The van der Waals surface area contributed by atoms with Crippen LogP contribution in [0.4, 0.5) is 4.79 Å². The summed E-state index contributed by atoms with van der Waals surface area (Å²) in [6.07, 6.45) is 0.998. The molecular formula is C20H24O4. The molecule has 0 aliphatic carbocycles. The van der Waals surface area contributed by atoms with Crippen LogP contribution in [0, 0.1) is 6.92 Å². The minimum Gasteiger partial charge on any atom is -0.488 e. The summed E-state index contributed by atoms with van der Waals surface area (Å²) < 4.78 is 15.9. The summed E-state index contributed by atoms with van der Waals surface area (Å²) in [6, 6.07) is 11.8. The lowest BCUT2D eigenvalue weighted by Crippen LogP contribution is -2.11. The van der Waals surface area contributed by atoms with Crippen molar-refractivity contribution in [2.24, 2.45) is 0 Å². The fourth-order valence-electron chi connectivity index (χ4n) is 2.61. The minimum atomic E-state index is -0.728. The summed E-state index contributed by atoms with van der Waals surface area (Å²) >= 11 is 0. The standard InChI is InChI=1S/C20H24O4/c1-5-15-8-7-9-19(24-20(21)22-4)17(15)13-23-18-11-10-14(3)12-16(18)6-2/h7-12H,5-6,13H2,1-4H3. The van der Waals surface area contributed by atoms with Crippen molar-refractivity contribution >= 4 is 6.16 Å². The summed E-state index contributed by atoms with van der Waals surface area (Å²) in [5.41, 5.74) is 4.33. The number of benzene rings is 2. The van der Waals surface area contributed by atoms with Crippen LogP contribution < -0.4 is 9.47 Å². The van der Waals surface area contributed by atoms with Gasteiger partial charge in [-0.3, -0.25) is 0 Å². The maximum absolute atomic E-state index is 11.5. The monoisotopic (exact) mass is 328 g/mol. The van der Waals surface area contributed by atoms with Gasteiger partial charge in [0.15, 0.2) is 0 Å². The summed E-state index contributed by atoms with van der Waals surface area (Å²) in [6.45, 7) is 6.57. The Kier molecular flexibility index (Phi) is 6.24. The summed E-state index contributed by atoms with van der Waals surface area (Å²) in [7, 11) is 1.29. The van der Waals surface area contributed by atoms with Crippen LogP contribution in [-0.4, -0.2) is 13.3 Å². The van der Waals surface area contributed by atoms with Gasteiger partial charge in [0.2, 0.25) is 0 Å². The van der Waals surface area contributed by atoms with Gasteiger partial charge >= 0.3 is 6.16 Å². The molecule has 4 heteroatoms. The Morgan fingerprint density at radius 3 is 2.42 bits per heavy atom. The molecule has 0 bridgehead atoms. The van der Waals surface area contributed by atoms with Crippen LogP contribution in [0.3, 0.4) is 0 Å². The van der Waals surface area contributed by atoms with Gasteiger partial charge in [-0.2, -0.15) is 0 Å². The number of rotatable bonds is 6. The molecule has 0 fully saturated rings. The van der Waals surface area contributed by atoms with Crippen molar-refractivity contribution in [1.29, 1.82) is 0 Å². The first kappa shape index (κ1) is 17.9. The van der Waals surface area contributed by atoms with E-state index >= 15 is 0 Å². The van der Waals surface area contributed by atoms with Crippen LogP contribution in [0.25, 0.3) is 0 Å². The van der Waals surface area contributed by atoms with Crippen molar-refractivity contribution < 1.29 is 19.0 Å². The molecule has 24 heavy (non-hydrogen) atoms. The molecule has 2 aromatic rings. The minimum absolute atomic E-state index is 0.340. The first-order valence-corrected chi connectivity index (χ1v) is 8.17. The fourth-order valence-corrected chi connectivity index (χ4v) is 2.61. The molecular weight excluding hydrogens is 304 g/mol. The molecule has 0 saturated carbocycles. The molecule has 0 amide bonds. The predicted octanol–water partition coefficient (Wildman–Crippen LogP) is 4.84. The molecule has 0 atom stereocenters. The SMILES string of the molecule is CCc1cc(C)ccc1OCc1c(CC)cccc1OC(=O)OC. The number of hydrogen-bond donors (Lipinski definition) is 0. The van der Waals surface area contributed by atoms with Crippen molar-refractivity contribution in [3.63, 3.8) is 0 Å². The van der Waals surface area contributed by atoms with Crippen molar-refractivity contribution in [2.75, 3.05) is 7.11 Å². The molecule has 4 nitrogen and oxygen atoms in total. The largest absolute Gasteiger partial charge is 0.513 e. The van der Waals surface area contributed by atoms with E-state index in [1.165, 1.54) is 18.2 Å². The maximum atomic E-state index is 11.5. The van der Waals surface area contributed by atoms with E-state index in [-0.39, 0.29) is 0 Å². The van der Waals surface area contributed by atoms with Gasteiger partial charge in [0.05, 0.1) is 7.11 Å². The number of aryl methyl sites for hydroxylation is 3. The van der Waals surface area contributed by atoms with E-state index in [0.717, 1.165) is 29.7 Å². The normalized spacial score (nSPS) is 10.3. The molecule has 0 aromatic heterocycles. The molecule has 128 valence electrons. The van der Waals surface area contributed by atoms with E-state index in [2.05, 4.69) is 31.6 Å². The second-order valence-electron chi connectivity index (χ2n) is 5.56. The predicted molar refractivity (Wildman–Crippen MR) is 93.7 cm³/mol. The topological polar surface area (TPSA) is 44.8 Å². The first-order chi connectivity index (χ1) is 11.6. The second kappa shape index (κ2) is 8.39. The van der Waals surface area contributed by atoms with Gasteiger partial charge in [-0.15, -0.1) is 0 Å². The third-order valence-electron chi connectivity index (χ3n) is 3.94. The quantitative estimate of drug-likeness (QED) is 0.562. The van der Waals surface area contributed by atoms with E-state index in [0.29, 0.717) is 12.4 Å². The van der Waals surface area contributed by atoms with E-state index in [1.807, 2.05) is 24.3 Å². The van der Waals surface area contributed by atoms with Crippen molar-refractivity contribution in [3.05, 3.63) is 58.7 Å². The van der Waals surface area contributed by atoms with Crippen molar-refractivity contribution in [1.82, 2.24) is 0 Å². The molecule has 0 spiro atoms. The molecule has 0 saturated heterocycles. The van der Waals surface area contributed by atoms with Gasteiger partial charge in [0, 0.05) is 5.56 Å². The highest BCUT2D eigenvalue weighted by Crippen LogP contribution is 2.27. The average Bonchev–Trinajstić information content (AvgIpc) is 2.60. The average molecular weight is 328 g/mol. The lowest BCUT2D eigenvalue weighted by Gasteiger charge is -2.16. The van der Waals surface area contributed by atoms with Gasteiger partial charge in [0.1, 0.15) is 18.1 Å². The fraction of sp³-hybridized carbons (Fsp3) is 0.350.